The average Bonchev–Trinajstić information content (AvgIpc) is 2.37. The first-order valence-corrected chi connectivity index (χ1v) is 5.37. The maximum absolute atomic E-state index is 11.6. The molecule has 0 saturated heterocycles. The molecule has 0 aliphatic carbocycles. The van der Waals surface area contributed by atoms with E-state index in [-0.39, 0.29) is 12.2 Å². The van der Waals surface area contributed by atoms with Crippen LogP contribution in [-0.4, -0.2) is 18.9 Å². The van der Waals surface area contributed by atoms with Crippen molar-refractivity contribution in [3.05, 3.63) is 34.4 Å². The average molecular weight is 231 g/mol. The van der Waals surface area contributed by atoms with Gasteiger partial charge in [0.25, 0.3) is 0 Å². The van der Waals surface area contributed by atoms with E-state index in [0.717, 1.165) is 0 Å². The van der Waals surface area contributed by atoms with Crippen LogP contribution in [-0.2, 0) is 11.2 Å². The van der Waals surface area contributed by atoms with Gasteiger partial charge >= 0.3 is 5.97 Å². The molecule has 0 aliphatic rings. The van der Waals surface area contributed by atoms with E-state index in [2.05, 4.69) is 0 Å². The summed E-state index contributed by atoms with van der Waals surface area (Å²) < 4.78 is 4.86. The van der Waals surface area contributed by atoms with Crippen LogP contribution in [0.4, 0.5) is 0 Å². The van der Waals surface area contributed by atoms with Crippen molar-refractivity contribution < 1.29 is 14.3 Å². The number of ether oxygens (including phenoxy) is 1. The second-order valence-corrected chi connectivity index (χ2v) is 3.40. The smallest absolute Gasteiger partial charge is 0.338 e. The fourth-order valence-electron chi connectivity index (χ4n) is 1.57. The largest absolute Gasteiger partial charge is 0.462 e. The predicted octanol–water partition coefficient (Wildman–Crippen LogP) is 2.11. The Bertz CT molecular complexity index is 486. The molecule has 0 bridgehead atoms. The van der Waals surface area contributed by atoms with E-state index in [4.69, 9.17) is 10.00 Å². The van der Waals surface area contributed by atoms with Crippen LogP contribution in [0.5, 0.6) is 0 Å². The van der Waals surface area contributed by atoms with Gasteiger partial charge in [-0.1, -0.05) is 6.92 Å². The molecule has 0 atom stereocenters. The van der Waals surface area contributed by atoms with Crippen LogP contribution in [0.3, 0.4) is 0 Å². The van der Waals surface area contributed by atoms with Gasteiger partial charge in [-0.15, -0.1) is 0 Å². The molecule has 0 saturated carbocycles. The lowest BCUT2D eigenvalue weighted by molar-refractivity contribution is 0.0526. The lowest BCUT2D eigenvalue weighted by Crippen LogP contribution is -2.07. The molecule has 88 valence electrons. The molecule has 1 rings (SSSR count). The van der Waals surface area contributed by atoms with Crippen LogP contribution in [0, 0.1) is 11.3 Å². The minimum Gasteiger partial charge on any atom is -0.462 e. The van der Waals surface area contributed by atoms with Crippen molar-refractivity contribution in [3.63, 3.8) is 0 Å². The third kappa shape index (κ3) is 2.70. The normalized spacial score (nSPS) is 9.47. The second kappa shape index (κ2) is 5.80. The zero-order valence-electron chi connectivity index (χ0n) is 9.82. The van der Waals surface area contributed by atoms with Crippen molar-refractivity contribution in [2.45, 2.75) is 20.3 Å². The third-order valence-corrected chi connectivity index (χ3v) is 2.40. The number of aryl methyl sites for hydroxylation is 1. The summed E-state index contributed by atoms with van der Waals surface area (Å²) in [6.07, 6.45) is 1.22. The Hall–Kier alpha value is -2.15. The Balaban J connectivity index is 3.33. The van der Waals surface area contributed by atoms with Crippen molar-refractivity contribution in [1.82, 2.24) is 0 Å². The van der Waals surface area contributed by atoms with Crippen LogP contribution in [0.1, 0.15) is 45.7 Å². The summed E-state index contributed by atoms with van der Waals surface area (Å²) in [5.41, 5.74) is 1.55. The number of rotatable bonds is 4. The quantitative estimate of drug-likeness (QED) is 0.588. The molecule has 0 spiro atoms. The van der Waals surface area contributed by atoms with Crippen molar-refractivity contribution in [3.8, 4) is 6.07 Å². The standard InChI is InChI=1S/C13H13NO3/c1-3-9-5-10(13(16)17-4-2)6-11(7-14)12(9)8-15/h5-6,8H,3-4H2,1-2H3. The highest BCUT2D eigenvalue weighted by Crippen LogP contribution is 2.17. The van der Waals surface area contributed by atoms with E-state index in [1.54, 1.807) is 13.0 Å². The van der Waals surface area contributed by atoms with Gasteiger partial charge in [-0.2, -0.15) is 5.26 Å². The summed E-state index contributed by atoms with van der Waals surface area (Å²) >= 11 is 0. The lowest BCUT2D eigenvalue weighted by Gasteiger charge is -2.08. The first kappa shape index (κ1) is 12.9. The molecule has 17 heavy (non-hydrogen) atoms. The SMILES string of the molecule is CCOC(=O)c1cc(C#N)c(C=O)c(CC)c1. The molecule has 0 fully saturated rings. The molecule has 4 heteroatoms. The molecule has 0 aromatic heterocycles. The summed E-state index contributed by atoms with van der Waals surface area (Å²) in [6, 6.07) is 4.91. The fraction of sp³-hybridized carbons (Fsp3) is 0.308. The van der Waals surface area contributed by atoms with E-state index in [9.17, 15) is 9.59 Å². The maximum Gasteiger partial charge on any atom is 0.338 e. The van der Waals surface area contributed by atoms with Crippen LogP contribution in [0.25, 0.3) is 0 Å². The van der Waals surface area contributed by atoms with Crippen molar-refractivity contribution in [1.29, 1.82) is 5.26 Å². The first-order valence-electron chi connectivity index (χ1n) is 5.37. The molecule has 0 aliphatic heterocycles. The van der Waals surface area contributed by atoms with Gasteiger partial charge in [0.2, 0.25) is 0 Å². The van der Waals surface area contributed by atoms with Crippen LogP contribution < -0.4 is 0 Å². The van der Waals surface area contributed by atoms with Gasteiger partial charge in [-0.05, 0) is 31.0 Å². The van der Waals surface area contributed by atoms with Gasteiger partial charge in [-0.3, -0.25) is 4.79 Å². The van der Waals surface area contributed by atoms with Gasteiger partial charge in [0.1, 0.15) is 0 Å². The Labute approximate surface area is 99.8 Å². The molecule has 4 nitrogen and oxygen atoms in total. The highest BCUT2D eigenvalue weighted by molar-refractivity contribution is 5.92. The number of benzene rings is 1. The van der Waals surface area contributed by atoms with Gasteiger partial charge in [0.05, 0.1) is 23.8 Å². The molecule has 1 aromatic carbocycles. The number of nitriles is 1. The zero-order valence-corrected chi connectivity index (χ0v) is 9.82. The lowest BCUT2D eigenvalue weighted by atomic mass is 9.97. The first-order chi connectivity index (χ1) is 8.17. The monoisotopic (exact) mass is 231 g/mol. The summed E-state index contributed by atoms with van der Waals surface area (Å²) in [5.74, 6) is -0.476. The zero-order chi connectivity index (χ0) is 12.8. The Morgan fingerprint density at radius 1 is 1.47 bits per heavy atom. The third-order valence-electron chi connectivity index (χ3n) is 2.40. The number of esters is 1. The Morgan fingerprint density at radius 2 is 2.18 bits per heavy atom. The highest BCUT2D eigenvalue weighted by atomic mass is 16.5. The van der Waals surface area contributed by atoms with Crippen molar-refractivity contribution in [2.75, 3.05) is 6.61 Å². The summed E-state index contributed by atoms with van der Waals surface area (Å²) in [6.45, 7) is 3.85. The van der Waals surface area contributed by atoms with E-state index >= 15 is 0 Å². The van der Waals surface area contributed by atoms with Gasteiger partial charge in [0, 0.05) is 5.56 Å². The predicted molar refractivity (Wildman–Crippen MR) is 61.9 cm³/mol. The van der Waals surface area contributed by atoms with Gasteiger partial charge in [-0.25, -0.2) is 4.79 Å². The van der Waals surface area contributed by atoms with E-state index < -0.39 is 5.97 Å². The van der Waals surface area contributed by atoms with Gasteiger partial charge < -0.3 is 4.74 Å². The van der Waals surface area contributed by atoms with Crippen LogP contribution in [0.2, 0.25) is 0 Å². The molecule has 0 amide bonds. The highest BCUT2D eigenvalue weighted by Gasteiger charge is 2.14. The number of hydrogen-bond acceptors (Lipinski definition) is 4. The van der Waals surface area contributed by atoms with Crippen molar-refractivity contribution >= 4 is 12.3 Å². The molecule has 0 radical (unpaired) electrons. The maximum atomic E-state index is 11.6. The second-order valence-electron chi connectivity index (χ2n) is 3.40. The summed E-state index contributed by atoms with van der Waals surface area (Å²) in [4.78, 5) is 22.5. The van der Waals surface area contributed by atoms with Gasteiger partial charge in [0.15, 0.2) is 6.29 Å². The number of aldehydes is 1. The number of hydrogen-bond donors (Lipinski definition) is 0. The molecule has 0 N–H and O–H groups in total. The van der Waals surface area contributed by atoms with Crippen LogP contribution >= 0.6 is 0 Å². The van der Waals surface area contributed by atoms with Crippen LogP contribution in [0.15, 0.2) is 12.1 Å². The summed E-state index contributed by atoms with van der Waals surface area (Å²) in [7, 11) is 0. The fourth-order valence-corrected chi connectivity index (χ4v) is 1.57. The van der Waals surface area contributed by atoms with E-state index in [1.165, 1.54) is 6.07 Å². The molecular formula is C13H13NO3. The minimum absolute atomic E-state index is 0.211. The minimum atomic E-state index is -0.476. The molecule has 0 heterocycles. The topological polar surface area (TPSA) is 67.2 Å². The van der Waals surface area contributed by atoms with E-state index in [0.29, 0.717) is 29.4 Å². The van der Waals surface area contributed by atoms with E-state index in [1.807, 2.05) is 13.0 Å². The number of nitrogens with zero attached hydrogens (tertiary/aromatic N) is 1. The molecule has 1 aromatic rings. The molecular weight excluding hydrogens is 218 g/mol. The van der Waals surface area contributed by atoms with Crippen molar-refractivity contribution in [2.24, 2.45) is 0 Å². The Kier molecular flexibility index (Phi) is 4.41. The number of carbonyl (C=O) groups is 2. The number of carbonyl (C=O) groups excluding carboxylic acids is 2. The summed E-state index contributed by atoms with van der Waals surface area (Å²) in [5, 5.41) is 8.94. The molecule has 0 unspecified atom stereocenters. The Morgan fingerprint density at radius 3 is 2.65 bits per heavy atom.